The Morgan fingerprint density at radius 3 is 2.27 bits per heavy atom. The molecule has 0 unspecified atom stereocenters. The van der Waals surface area contributed by atoms with Crippen molar-refractivity contribution in [2.45, 2.75) is 25.3 Å². The molecule has 0 radical (unpaired) electrons. The van der Waals surface area contributed by atoms with E-state index in [-0.39, 0.29) is 10.8 Å². The van der Waals surface area contributed by atoms with E-state index in [1.54, 1.807) is 37.4 Å². The van der Waals surface area contributed by atoms with Crippen molar-refractivity contribution in [1.82, 2.24) is 13.8 Å². The van der Waals surface area contributed by atoms with Gasteiger partial charge in [-0.15, -0.1) is 0 Å². The Bertz CT molecular complexity index is 872. The molecular formula is C18H24BrN3O3S. The summed E-state index contributed by atoms with van der Waals surface area (Å²) in [5.74, 6) is -0.226. The third-order valence-electron chi connectivity index (χ3n) is 4.22. The SMILES string of the molecule is CCN(CC)S(=O)(=O)c1cc(C(=O)N(C)Cc2ccc(Br)cc2)n(C)c1. The van der Waals surface area contributed by atoms with Gasteiger partial charge < -0.3 is 9.47 Å². The minimum atomic E-state index is -3.59. The first-order valence-corrected chi connectivity index (χ1v) is 10.6. The highest BCUT2D eigenvalue weighted by Crippen LogP contribution is 2.20. The smallest absolute Gasteiger partial charge is 0.270 e. The first kappa shape index (κ1) is 20.7. The summed E-state index contributed by atoms with van der Waals surface area (Å²) in [7, 11) is -0.202. The summed E-state index contributed by atoms with van der Waals surface area (Å²) in [6.07, 6.45) is 1.49. The number of hydrogen-bond acceptors (Lipinski definition) is 3. The van der Waals surface area contributed by atoms with E-state index in [4.69, 9.17) is 0 Å². The summed E-state index contributed by atoms with van der Waals surface area (Å²) in [4.78, 5) is 14.5. The maximum Gasteiger partial charge on any atom is 0.270 e. The maximum atomic E-state index is 12.8. The van der Waals surface area contributed by atoms with Gasteiger partial charge in [-0.1, -0.05) is 41.9 Å². The zero-order valence-corrected chi connectivity index (χ0v) is 17.8. The number of aromatic nitrogens is 1. The van der Waals surface area contributed by atoms with Gasteiger partial charge in [0, 0.05) is 44.4 Å². The highest BCUT2D eigenvalue weighted by molar-refractivity contribution is 9.10. The van der Waals surface area contributed by atoms with Crippen LogP contribution in [0.4, 0.5) is 0 Å². The van der Waals surface area contributed by atoms with Crippen LogP contribution in [0.5, 0.6) is 0 Å². The van der Waals surface area contributed by atoms with Crippen LogP contribution >= 0.6 is 15.9 Å². The zero-order valence-electron chi connectivity index (χ0n) is 15.4. The van der Waals surface area contributed by atoms with Crippen molar-refractivity contribution in [2.75, 3.05) is 20.1 Å². The van der Waals surface area contributed by atoms with Crippen molar-refractivity contribution >= 4 is 31.9 Å². The van der Waals surface area contributed by atoms with Crippen molar-refractivity contribution in [1.29, 1.82) is 0 Å². The summed E-state index contributed by atoms with van der Waals surface area (Å²) < 4.78 is 29.2. The van der Waals surface area contributed by atoms with E-state index >= 15 is 0 Å². The number of sulfonamides is 1. The molecule has 8 heteroatoms. The molecule has 0 aliphatic heterocycles. The average molecular weight is 442 g/mol. The van der Waals surface area contributed by atoms with Crippen molar-refractivity contribution in [3.8, 4) is 0 Å². The fourth-order valence-corrected chi connectivity index (χ4v) is 4.53. The molecule has 1 aromatic heterocycles. The summed E-state index contributed by atoms with van der Waals surface area (Å²) in [5.41, 5.74) is 1.34. The van der Waals surface area contributed by atoms with Crippen LogP contribution in [-0.4, -0.2) is 48.2 Å². The molecule has 0 aliphatic carbocycles. The molecule has 0 aliphatic rings. The summed E-state index contributed by atoms with van der Waals surface area (Å²) in [6, 6.07) is 9.17. The van der Waals surface area contributed by atoms with Gasteiger partial charge in [0.15, 0.2) is 0 Å². The van der Waals surface area contributed by atoms with Crippen LogP contribution < -0.4 is 0 Å². The van der Waals surface area contributed by atoms with Gasteiger partial charge in [-0.3, -0.25) is 4.79 Å². The van der Waals surface area contributed by atoms with Crippen LogP contribution in [0.3, 0.4) is 0 Å². The van der Waals surface area contributed by atoms with Crippen LogP contribution in [0.15, 0.2) is 45.9 Å². The Kier molecular flexibility index (Phi) is 6.65. The molecule has 2 rings (SSSR count). The number of amides is 1. The molecule has 142 valence electrons. The normalized spacial score (nSPS) is 11.8. The predicted molar refractivity (Wildman–Crippen MR) is 105 cm³/mol. The lowest BCUT2D eigenvalue weighted by molar-refractivity contribution is 0.0775. The van der Waals surface area contributed by atoms with Gasteiger partial charge in [-0.05, 0) is 23.8 Å². The van der Waals surface area contributed by atoms with E-state index in [2.05, 4.69) is 15.9 Å². The molecule has 1 amide bonds. The Balaban J connectivity index is 2.24. The summed E-state index contributed by atoms with van der Waals surface area (Å²) >= 11 is 3.39. The maximum absolute atomic E-state index is 12.8. The van der Waals surface area contributed by atoms with E-state index in [0.717, 1.165) is 10.0 Å². The van der Waals surface area contributed by atoms with E-state index in [0.29, 0.717) is 25.3 Å². The quantitative estimate of drug-likeness (QED) is 0.662. The first-order valence-electron chi connectivity index (χ1n) is 8.37. The summed E-state index contributed by atoms with van der Waals surface area (Å²) in [5, 5.41) is 0. The van der Waals surface area contributed by atoms with E-state index < -0.39 is 10.0 Å². The van der Waals surface area contributed by atoms with E-state index in [1.807, 2.05) is 24.3 Å². The third kappa shape index (κ3) is 4.36. The Hall–Kier alpha value is -1.64. The van der Waals surface area contributed by atoms with Crippen molar-refractivity contribution in [2.24, 2.45) is 7.05 Å². The van der Waals surface area contributed by atoms with Gasteiger partial charge in [0.2, 0.25) is 10.0 Å². The minimum Gasteiger partial charge on any atom is -0.345 e. The second-order valence-corrected chi connectivity index (χ2v) is 8.90. The van der Waals surface area contributed by atoms with Crippen molar-refractivity contribution < 1.29 is 13.2 Å². The predicted octanol–water partition coefficient (Wildman–Crippen LogP) is 3.09. The van der Waals surface area contributed by atoms with Gasteiger partial charge in [-0.25, -0.2) is 8.42 Å². The number of halogens is 1. The molecule has 0 bridgehead atoms. The van der Waals surface area contributed by atoms with Gasteiger partial charge >= 0.3 is 0 Å². The molecule has 0 spiro atoms. The average Bonchev–Trinajstić information content (AvgIpc) is 2.99. The van der Waals surface area contributed by atoms with Crippen LogP contribution in [-0.2, 0) is 23.6 Å². The van der Waals surface area contributed by atoms with E-state index in [9.17, 15) is 13.2 Å². The number of nitrogens with zero attached hydrogens (tertiary/aromatic N) is 3. The lowest BCUT2D eigenvalue weighted by Gasteiger charge is -2.18. The van der Waals surface area contributed by atoms with Crippen LogP contribution in [0.2, 0.25) is 0 Å². The molecule has 6 nitrogen and oxygen atoms in total. The summed E-state index contributed by atoms with van der Waals surface area (Å²) in [6.45, 7) is 4.81. The number of rotatable bonds is 7. The Labute approximate surface area is 163 Å². The fraction of sp³-hybridized carbons (Fsp3) is 0.389. The Morgan fingerprint density at radius 2 is 1.73 bits per heavy atom. The van der Waals surface area contributed by atoms with Gasteiger partial charge in [0.25, 0.3) is 5.91 Å². The molecule has 0 N–H and O–H groups in total. The van der Waals surface area contributed by atoms with Gasteiger partial charge in [0.1, 0.15) is 10.6 Å². The van der Waals surface area contributed by atoms with Gasteiger partial charge in [0.05, 0.1) is 0 Å². The van der Waals surface area contributed by atoms with Crippen LogP contribution in [0.1, 0.15) is 29.9 Å². The molecule has 0 fully saturated rings. The third-order valence-corrected chi connectivity index (χ3v) is 6.77. The molecule has 0 atom stereocenters. The second-order valence-electron chi connectivity index (χ2n) is 6.05. The van der Waals surface area contributed by atoms with Crippen molar-refractivity contribution in [3.05, 3.63) is 52.3 Å². The number of hydrogen-bond donors (Lipinski definition) is 0. The minimum absolute atomic E-state index is 0.143. The van der Waals surface area contributed by atoms with Crippen molar-refractivity contribution in [3.63, 3.8) is 0 Å². The standard InChI is InChI=1S/C18H24BrN3O3S/c1-5-22(6-2)26(24,25)16-11-17(20(3)13-16)18(23)21(4)12-14-7-9-15(19)10-8-14/h7-11,13H,5-6,12H2,1-4H3. The highest BCUT2D eigenvalue weighted by Gasteiger charge is 2.26. The van der Waals surface area contributed by atoms with Crippen LogP contribution in [0.25, 0.3) is 0 Å². The second kappa shape index (κ2) is 8.37. The first-order chi connectivity index (χ1) is 12.2. The van der Waals surface area contributed by atoms with Gasteiger partial charge in [-0.2, -0.15) is 4.31 Å². The molecule has 1 aromatic carbocycles. The number of aryl methyl sites for hydroxylation is 1. The molecule has 0 saturated heterocycles. The molecule has 26 heavy (non-hydrogen) atoms. The lowest BCUT2D eigenvalue weighted by Crippen LogP contribution is -2.30. The van der Waals surface area contributed by atoms with Crippen LogP contribution in [0, 0.1) is 0 Å². The van der Waals surface area contributed by atoms with E-state index in [1.165, 1.54) is 16.6 Å². The number of carbonyl (C=O) groups excluding carboxylic acids is 1. The topological polar surface area (TPSA) is 62.6 Å². The Morgan fingerprint density at radius 1 is 1.15 bits per heavy atom. The molecule has 2 aromatic rings. The highest BCUT2D eigenvalue weighted by atomic mass is 79.9. The zero-order chi connectivity index (χ0) is 19.5. The molecular weight excluding hydrogens is 418 g/mol. The number of carbonyl (C=O) groups is 1. The molecule has 1 heterocycles. The fourth-order valence-electron chi connectivity index (χ4n) is 2.73. The monoisotopic (exact) mass is 441 g/mol. The largest absolute Gasteiger partial charge is 0.345 e. The lowest BCUT2D eigenvalue weighted by atomic mass is 10.2. The number of benzene rings is 1. The molecule has 0 saturated carbocycles.